The van der Waals surface area contributed by atoms with E-state index in [1.54, 1.807) is 24.3 Å². The minimum atomic E-state index is -0.890. The monoisotopic (exact) mass is 334 g/mol. The first kappa shape index (κ1) is 19.7. The van der Waals surface area contributed by atoms with Crippen LogP contribution in [-0.2, 0) is 9.59 Å². The number of carbonyl (C=O) groups excluding carboxylic acids is 2. The fraction of sp³-hybridized carbons (Fsp3) is 0.500. The summed E-state index contributed by atoms with van der Waals surface area (Å²) in [7, 11) is 0. The molecule has 1 aromatic carbocycles. The molecule has 0 aliphatic heterocycles. The van der Waals surface area contributed by atoms with Gasteiger partial charge in [-0.2, -0.15) is 0 Å². The average molecular weight is 334 g/mol. The lowest BCUT2D eigenvalue weighted by Crippen LogP contribution is -2.34. The molecule has 2 amide bonds. The Bertz CT molecular complexity index is 543. The van der Waals surface area contributed by atoms with E-state index in [2.05, 4.69) is 10.6 Å². The summed E-state index contributed by atoms with van der Waals surface area (Å²) in [6.45, 7) is 4.44. The molecule has 0 spiro atoms. The van der Waals surface area contributed by atoms with Crippen molar-refractivity contribution in [1.29, 1.82) is 0 Å². The zero-order valence-electron chi connectivity index (χ0n) is 14.2. The van der Waals surface area contributed by atoms with Crippen molar-refractivity contribution >= 4 is 17.8 Å². The summed E-state index contributed by atoms with van der Waals surface area (Å²) in [5.74, 6) is -1.56. The van der Waals surface area contributed by atoms with Gasteiger partial charge in [0.1, 0.15) is 0 Å². The minimum Gasteiger partial charge on any atom is -0.481 e. The van der Waals surface area contributed by atoms with E-state index in [4.69, 9.17) is 5.11 Å². The summed E-state index contributed by atoms with van der Waals surface area (Å²) >= 11 is 0. The van der Waals surface area contributed by atoms with Gasteiger partial charge in [-0.3, -0.25) is 14.4 Å². The predicted octanol–water partition coefficient (Wildman–Crippen LogP) is 2.06. The third-order valence-electron chi connectivity index (χ3n) is 3.55. The molecule has 0 saturated carbocycles. The highest BCUT2D eigenvalue weighted by Gasteiger charge is 2.19. The van der Waals surface area contributed by atoms with Gasteiger partial charge in [-0.25, -0.2) is 0 Å². The molecule has 1 rings (SSSR count). The van der Waals surface area contributed by atoms with Gasteiger partial charge in [-0.1, -0.05) is 32.0 Å². The Kier molecular flexibility index (Phi) is 8.54. The van der Waals surface area contributed by atoms with Gasteiger partial charge in [0, 0.05) is 25.1 Å². The molecule has 1 aromatic rings. The number of rotatable bonds is 10. The average Bonchev–Trinajstić information content (AvgIpc) is 2.55. The quantitative estimate of drug-likeness (QED) is 0.571. The second-order valence-electron chi connectivity index (χ2n) is 6.19. The van der Waals surface area contributed by atoms with Crippen molar-refractivity contribution in [3.05, 3.63) is 35.9 Å². The highest BCUT2D eigenvalue weighted by atomic mass is 16.4. The van der Waals surface area contributed by atoms with Crippen LogP contribution < -0.4 is 10.6 Å². The molecule has 0 aromatic heterocycles. The molecule has 0 bridgehead atoms. The Balaban J connectivity index is 2.22. The van der Waals surface area contributed by atoms with Gasteiger partial charge in [0.25, 0.3) is 5.91 Å². The van der Waals surface area contributed by atoms with Gasteiger partial charge in [0.2, 0.25) is 5.91 Å². The Morgan fingerprint density at radius 1 is 1.08 bits per heavy atom. The smallest absolute Gasteiger partial charge is 0.308 e. The number of carboxylic acids is 1. The van der Waals surface area contributed by atoms with Crippen LogP contribution in [0.25, 0.3) is 0 Å². The number of aliphatic carboxylic acids is 1. The molecule has 1 unspecified atom stereocenters. The Labute approximate surface area is 142 Å². The fourth-order valence-corrected chi connectivity index (χ4v) is 2.31. The van der Waals surface area contributed by atoms with Gasteiger partial charge in [-0.05, 0) is 30.9 Å². The van der Waals surface area contributed by atoms with Crippen LogP contribution in [0.3, 0.4) is 0 Å². The van der Waals surface area contributed by atoms with E-state index in [1.165, 1.54) is 0 Å². The molecule has 3 N–H and O–H groups in total. The maximum Gasteiger partial charge on any atom is 0.308 e. The lowest BCUT2D eigenvalue weighted by Gasteiger charge is -2.15. The zero-order valence-corrected chi connectivity index (χ0v) is 14.2. The van der Waals surface area contributed by atoms with E-state index in [0.717, 1.165) is 0 Å². The van der Waals surface area contributed by atoms with Crippen molar-refractivity contribution in [2.75, 3.05) is 13.1 Å². The summed E-state index contributed by atoms with van der Waals surface area (Å²) < 4.78 is 0. The highest BCUT2D eigenvalue weighted by molar-refractivity contribution is 5.94. The largest absolute Gasteiger partial charge is 0.481 e. The normalized spacial score (nSPS) is 11.8. The number of benzene rings is 1. The van der Waals surface area contributed by atoms with Crippen molar-refractivity contribution < 1.29 is 19.5 Å². The molecular weight excluding hydrogens is 308 g/mol. The van der Waals surface area contributed by atoms with Crippen LogP contribution in [0.2, 0.25) is 0 Å². The van der Waals surface area contributed by atoms with Gasteiger partial charge >= 0.3 is 5.97 Å². The summed E-state index contributed by atoms with van der Waals surface area (Å²) in [4.78, 5) is 34.7. The zero-order chi connectivity index (χ0) is 17.9. The van der Waals surface area contributed by atoms with Crippen molar-refractivity contribution in [2.24, 2.45) is 11.8 Å². The van der Waals surface area contributed by atoms with Crippen LogP contribution in [0, 0.1) is 11.8 Å². The van der Waals surface area contributed by atoms with E-state index < -0.39 is 11.9 Å². The van der Waals surface area contributed by atoms with Crippen molar-refractivity contribution in [2.45, 2.75) is 33.1 Å². The number of carboxylic acid groups (broad SMARTS) is 1. The van der Waals surface area contributed by atoms with E-state index in [-0.39, 0.29) is 30.7 Å². The number of amides is 2. The fourth-order valence-electron chi connectivity index (χ4n) is 2.31. The van der Waals surface area contributed by atoms with Crippen molar-refractivity contribution in [3.63, 3.8) is 0 Å². The van der Waals surface area contributed by atoms with Crippen LogP contribution in [0.5, 0.6) is 0 Å². The lowest BCUT2D eigenvalue weighted by molar-refractivity contribution is -0.142. The summed E-state index contributed by atoms with van der Waals surface area (Å²) in [6.07, 6.45) is 1.29. The maximum absolute atomic E-state index is 11.8. The summed E-state index contributed by atoms with van der Waals surface area (Å²) in [6, 6.07) is 8.87. The lowest BCUT2D eigenvalue weighted by atomic mass is 9.97. The van der Waals surface area contributed by atoms with Crippen LogP contribution in [-0.4, -0.2) is 36.0 Å². The molecule has 1 atom stereocenters. The highest BCUT2D eigenvalue weighted by Crippen LogP contribution is 2.11. The SMILES string of the molecule is CC(C)CC(CNC(=O)CCCNC(=O)c1ccccc1)C(=O)O. The van der Waals surface area contributed by atoms with Gasteiger partial charge in [0.05, 0.1) is 5.92 Å². The number of hydrogen-bond donors (Lipinski definition) is 3. The predicted molar refractivity (Wildman–Crippen MR) is 91.6 cm³/mol. The topological polar surface area (TPSA) is 95.5 Å². The maximum atomic E-state index is 11.8. The third-order valence-corrected chi connectivity index (χ3v) is 3.55. The van der Waals surface area contributed by atoms with Crippen molar-refractivity contribution in [1.82, 2.24) is 10.6 Å². The molecule has 0 saturated heterocycles. The molecule has 6 nitrogen and oxygen atoms in total. The third kappa shape index (κ3) is 7.76. The van der Waals surface area contributed by atoms with E-state index in [9.17, 15) is 14.4 Å². The van der Waals surface area contributed by atoms with Gasteiger partial charge in [0.15, 0.2) is 0 Å². The molecule has 0 aliphatic carbocycles. The number of nitrogens with one attached hydrogen (secondary N) is 2. The minimum absolute atomic E-state index is 0.142. The van der Waals surface area contributed by atoms with Crippen LogP contribution in [0.4, 0.5) is 0 Å². The molecule has 0 heterocycles. The first-order valence-electron chi connectivity index (χ1n) is 8.23. The second kappa shape index (κ2) is 10.4. The first-order chi connectivity index (χ1) is 11.4. The van der Waals surface area contributed by atoms with Crippen molar-refractivity contribution in [3.8, 4) is 0 Å². The molecule has 6 heteroatoms. The molecule has 24 heavy (non-hydrogen) atoms. The van der Waals surface area contributed by atoms with Crippen LogP contribution in [0.1, 0.15) is 43.5 Å². The molecule has 0 radical (unpaired) electrons. The first-order valence-corrected chi connectivity index (χ1v) is 8.23. The van der Waals surface area contributed by atoms with Crippen LogP contribution >= 0.6 is 0 Å². The Morgan fingerprint density at radius 3 is 2.33 bits per heavy atom. The summed E-state index contributed by atoms with van der Waals surface area (Å²) in [5, 5.41) is 14.5. The van der Waals surface area contributed by atoms with Crippen LogP contribution in [0.15, 0.2) is 30.3 Å². The Morgan fingerprint density at radius 2 is 1.75 bits per heavy atom. The van der Waals surface area contributed by atoms with Gasteiger partial charge in [-0.15, -0.1) is 0 Å². The van der Waals surface area contributed by atoms with E-state index in [0.29, 0.717) is 24.9 Å². The molecule has 132 valence electrons. The second-order valence-corrected chi connectivity index (χ2v) is 6.19. The molecule has 0 aliphatic rings. The van der Waals surface area contributed by atoms with Gasteiger partial charge < -0.3 is 15.7 Å². The van der Waals surface area contributed by atoms with E-state index >= 15 is 0 Å². The summed E-state index contributed by atoms with van der Waals surface area (Å²) in [5.41, 5.74) is 0.583. The number of carbonyl (C=O) groups is 3. The standard InChI is InChI=1S/C18H26N2O4/c1-13(2)11-15(18(23)24)12-20-16(21)9-6-10-19-17(22)14-7-4-3-5-8-14/h3-5,7-8,13,15H,6,9-12H2,1-2H3,(H,19,22)(H,20,21)(H,23,24). The number of hydrogen-bond acceptors (Lipinski definition) is 3. The van der Waals surface area contributed by atoms with E-state index in [1.807, 2.05) is 19.9 Å². The molecular formula is C18H26N2O4. The molecule has 0 fully saturated rings. The Hall–Kier alpha value is -2.37.